The summed E-state index contributed by atoms with van der Waals surface area (Å²) in [5.41, 5.74) is -8.99. The van der Waals surface area contributed by atoms with Crippen molar-refractivity contribution in [3.63, 3.8) is 0 Å². The summed E-state index contributed by atoms with van der Waals surface area (Å²) in [5, 5.41) is 32.5. The van der Waals surface area contributed by atoms with Crippen LogP contribution in [0.15, 0.2) is 60.9 Å². The molecule has 3 aliphatic rings. The summed E-state index contributed by atoms with van der Waals surface area (Å²) in [6.07, 6.45) is -16.8. The summed E-state index contributed by atoms with van der Waals surface area (Å²) < 4.78 is 259. The van der Waals surface area contributed by atoms with Crippen LogP contribution < -0.4 is 19.6 Å². The maximum Gasteiger partial charge on any atom is 0.417 e. The van der Waals surface area contributed by atoms with E-state index >= 15 is 0 Å². The quantitative estimate of drug-likeness (QED) is 0.0569. The lowest BCUT2D eigenvalue weighted by molar-refractivity contribution is -0.164. The normalized spacial score (nSPS) is 19.1. The Morgan fingerprint density at radius 1 is 0.459 bits per heavy atom. The Balaban J connectivity index is 0.000000252. The predicted octanol–water partition coefficient (Wildman–Crippen LogP) is 15.3. The molecule has 9 rings (SSSR count). The number of rotatable bonds is 24. The van der Waals surface area contributed by atoms with Gasteiger partial charge in [0.1, 0.15) is 11.6 Å². The number of alkyl halides is 18. The van der Waals surface area contributed by atoms with E-state index in [9.17, 15) is 84.1 Å². The summed E-state index contributed by atoms with van der Waals surface area (Å²) in [4.78, 5) is 16.4. The van der Waals surface area contributed by atoms with E-state index in [2.05, 4.69) is 40.8 Å². The number of aryl methyl sites for hydroxylation is 2. The zero-order valence-corrected chi connectivity index (χ0v) is 54.0. The molecule has 0 radical (unpaired) electrons. The third-order valence-electron chi connectivity index (χ3n) is 17.6. The topological polar surface area (TPSA) is 165 Å². The third-order valence-corrected chi connectivity index (χ3v) is 17.6. The minimum absolute atomic E-state index is 0.000353. The third kappa shape index (κ3) is 21.6. The van der Waals surface area contributed by atoms with Crippen molar-refractivity contribution in [2.45, 2.75) is 167 Å². The summed E-state index contributed by atoms with van der Waals surface area (Å²) in [6, 6.07) is 4.01. The Morgan fingerprint density at radius 2 is 0.827 bits per heavy atom. The molecule has 17 nitrogen and oxygen atoms in total. The fraction of sp³-hybridized carbons (Fsp3) is 0.619. The molecule has 35 heteroatoms. The van der Waals surface area contributed by atoms with Crippen molar-refractivity contribution in [2.75, 3.05) is 65.6 Å². The van der Waals surface area contributed by atoms with Gasteiger partial charge in [0.05, 0.1) is 47.5 Å². The number of tetrazole rings is 2. The second-order valence-corrected chi connectivity index (χ2v) is 24.9. The number of pyridine rings is 2. The standard InChI is InChI=1S/C34H42F9N7O2.C29H34F9N7O/c1-3-49(19-23-9-7-22(8-10-23)11-13-52-29-6-4-5-12-51-29)30-25(16-28(18-44-30)34(41,42)43)21-50(31-45-47-48(2)46-31)20-24-14-26(32(35,36)37)17-27(15-24)33(38,39)40;1-3-44(15-19-6-4-18(5-7-19)8-9-46)25-21(12-24(14-39-25)29(36,37)38)17-45(26-40-42-43(2)41-26)16-20-10-22(27(30,31)32)13-23(11-20)28(33,34)35/h14-18,22-23,29H,3-13,19-21H2,1-2H3;10-14,18-19,46H,3-9,15-17H2,1-2H3. The molecule has 1 N–H and O–H groups in total. The van der Waals surface area contributed by atoms with Crippen molar-refractivity contribution in [1.82, 2.24) is 50.4 Å². The molecule has 1 atom stereocenters. The highest BCUT2D eigenvalue weighted by molar-refractivity contribution is 5.53. The molecule has 3 fully saturated rings. The van der Waals surface area contributed by atoms with Gasteiger partial charge >= 0.3 is 37.1 Å². The van der Waals surface area contributed by atoms with Crippen molar-refractivity contribution < 1.29 is 93.6 Å². The molecule has 0 amide bonds. The molecule has 6 aromatic rings. The zero-order chi connectivity index (χ0) is 71.5. The Kier molecular flexibility index (Phi) is 25.2. The number of benzene rings is 2. The summed E-state index contributed by atoms with van der Waals surface area (Å²) >= 11 is 0. The number of aliphatic hydroxyl groups excluding tert-OH is 1. The van der Waals surface area contributed by atoms with Crippen LogP contribution in [0.3, 0.4) is 0 Å². The number of nitrogens with zero attached hydrogens (tertiary/aromatic N) is 14. The molecule has 5 heterocycles. The molecule has 1 saturated heterocycles. The van der Waals surface area contributed by atoms with Gasteiger partial charge in [-0.2, -0.15) is 88.6 Å². The van der Waals surface area contributed by atoms with Crippen LogP contribution in [0, 0.1) is 23.7 Å². The van der Waals surface area contributed by atoms with E-state index in [1.165, 1.54) is 19.0 Å². The van der Waals surface area contributed by atoms with Gasteiger partial charge in [0.2, 0.25) is 0 Å². The molecule has 542 valence electrons. The van der Waals surface area contributed by atoms with Crippen LogP contribution in [-0.4, -0.2) is 108 Å². The smallest absolute Gasteiger partial charge is 0.396 e. The van der Waals surface area contributed by atoms with Gasteiger partial charge in [-0.15, -0.1) is 10.2 Å². The summed E-state index contributed by atoms with van der Waals surface area (Å²) in [7, 11) is 2.77. The molecule has 0 spiro atoms. The minimum Gasteiger partial charge on any atom is -0.396 e. The number of anilines is 4. The highest BCUT2D eigenvalue weighted by Crippen LogP contribution is 2.42. The molecular formula is C63H76F18N14O3. The maximum absolute atomic E-state index is 14.0. The fourth-order valence-electron chi connectivity index (χ4n) is 12.5. The van der Waals surface area contributed by atoms with Crippen molar-refractivity contribution in [2.24, 2.45) is 37.8 Å². The van der Waals surface area contributed by atoms with Crippen LogP contribution >= 0.6 is 0 Å². The first kappa shape index (κ1) is 76.5. The van der Waals surface area contributed by atoms with Crippen LogP contribution in [0.1, 0.15) is 153 Å². The van der Waals surface area contributed by atoms with Crippen molar-refractivity contribution in [3.8, 4) is 0 Å². The second kappa shape index (κ2) is 32.4. The molecule has 1 aliphatic heterocycles. The highest BCUT2D eigenvalue weighted by Gasteiger charge is 2.41. The number of ether oxygens (including phenoxy) is 2. The van der Waals surface area contributed by atoms with Gasteiger partial charge in [0.25, 0.3) is 11.9 Å². The maximum atomic E-state index is 14.0. The number of aromatic nitrogens is 10. The summed E-state index contributed by atoms with van der Waals surface area (Å²) in [5.74, 6) is 1.29. The van der Waals surface area contributed by atoms with E-state index in [1.807, 2.05) is 23.6 Å². The molecule has 2 aliphatic carbocycles. The lowest BCUT2D eigenvalue weighted by Gasteiger charge is -2.34. The number of halogens is 18. The number of hydrogen-bond donors (Lipinski definition) is 1. The Labute approximate surface area is 552 Å². The van der Waals surface area contributed by atoms with Gasteiger partial charge in [0, 0.05) is 95.7 Å². The van der Waals surface area contributed by atoms with E-state index in [1.54, 1.807) is 0 Å². The van der Waals surface area contributed by atoms with Crippen LogP contribution in [0.4, 0.5) is 103 Å². The minimum atomic E-state index is -5.10. The highest BCUT2D eigenvalue weighted by atomic mass is 19.4. The molecular weight excluding hydrogens is 1340 g/mol. The molecule has 1 unspecified atom stereocenters. The Hall–Kier alpha value is -7.30. The van der Waals surface area contributed by atoms with Crippen molar-refractivity contribution in [1.29, 1.82) is 0 Å². The first-order valence-electron chi connectivity index (χ1n) is 32.0. The summed E-state index contributed by atoms with van der Waals surface area (Å²) in [6.45, 7) is 4.71. The number of aliphatic hydroxyl groups is 1. The van der Waals surface area contributed by atoms with Crippen LogP contribution in [0.25, 0.3) is 0 Å². The number of hydrogen-bond acceptors (Lipinski definition) is 15. The van der Waals surface area contributed by atoms with Crippen molar-refractivity contribution >= 4 is 23.5 Å². The predicted molar refractivity (Wildman–Crippen MR) is 321 cm³/mol. The fourth-order valence-corrected chi connectivity index (χ4v) is 12.5. The largest absolute Gasteiger partial charge is 0.417 e. The monoisotopic (exact) mass is 1420 g/mol. The molecule has 0 bridgehead atoms. The molecule has 98 heavy (non-hydrogen) atoms. The SMILES string of the molecule is CCN(CC1CCC(CCO)CC1)c1ncc(C(F)(F)F)cc1CN(Cc1cc(C(F)(F)F)cc(C(F)(F)F)c1)c1nnn(C)n1.CCN(CC1CCC(CCOC2CCCCO2)CC1)c1ncc(C(F)(F)F)cc1CN(Cc1cc(C(F)(F)F)cc(C(F)(F)F)c1)c1nnn(C)n1. The molecule has 2 saturated carbocycles. The van der Waals surface area contributed by atoms with E-state index in [4.69, 9.17) is 9.47 Å². The van der Waals surface area contributed by atoms with Crippen LogP contribution in [0.5, 0.6) is 0 Å². The Morgan fingerprint density at radius 3 is 1.14 bits per heavy atom. The van der Waals surface area contributed by atoms with Gasteiger partial charge in [-0.05, 0) is 165 Å². The zero-order valence-electron chi connectivity index (χ0n) is 54.0. The molecule has 2 aromatic carbocycles. The van der Waals surface area contributed by atoms with Gasteiger partial charge in [-0.25, -0.2) is 9.97 Å². The Bertz CT molecular complexity index is 3430. The first-order valence-corrected chi connectivity index (χ1v) is 32.0. The first-order chi connectivity index (χ1) is 46.0. The van der Waals surface area contributed by atoms with Crippen molar-refractivity contribution in [3.05, 3.63) is 117 Å². The van der Waals surface area contributed by atoms with Gasteiger partial charge in [-0.3, -0.25) is 0 Å². The van der Waals surface area contributed by atoms with E-state index in [0.29, 0.717) is 88.1 Å². The van der Waals surface area contributed by atoms with Gasteiger partial charge < -0.3 is 34.2 Å². The molecule has 4 aromatic heterocycles. The second-order valence-electron chi connectivity index (χ2n) is 24.9. The average molecular weight is 1420 g/mol. The van der Waals surface area contributed by atoms with Gasteiger partial charge in [0.15, 0.2) is 6.29 Å². The van der Waals surface area contributed by atoms with Crippen LogP contribution in [-0.2, 0) is 86.8 Å². The van der Waals surface area contributed by atoms with E-state index in [-0.39, 0.29) is 71.5 Å². The van der Waals surface area contributed by atoms with Crippen LogP contribution in [0.2, 0.25) is 0 Å². The van der Waals surface area contributed by atoms with Gasteiger partial charge in [-0.1, -0.05) is 35.9 Å². The van der Waals surface area contributed by atoms with E-state index < -0.39 is 108 Å². The average Bonchev–Trinajstić information content (AvgIpc) is 1.08. The lowest BCUT2D eigenvalue weighted by Crippen LogP contribution is -2.34. The van der Waals surface area contributed by atoms with E-state index in [0.717, 1.165) is 110 Å². The lowest BCUT2D eigenvalue weighted by atomic mass is 9.80.